The quantitative estimate of drug-likeness (QED) is 0.162. The lowest BCUT2D eigenvalue weighted by Gasteiger charge is -2.22. The first kappa shape index (κ1) is 32.5. The van der Waals surface area contributed by atoms with E-state index in [4.69, 9.17) is 15.0 Å². The molecule has 0 bridgehead atoms. The molecular weight excluding hydrogens is 705 g/mol. The van der Waals surface area contributed by atoms with Crippen LogP contribution in [0.5, 0.6) is 0 Å². The van der Waals surface area contributed by atoms with Crippen molar-refractivity contribution in [3.8, 4) is 44.6 Å². The standard InChI is InChI=1S/C54H34N4/c1-5-17-42-38(13-1)50(35-26-24-34(25-27-35)48-33-58-32-12-11-23-49(58)55-48)39-14-2-6-18-43(39)52(42)53-44-19-7-3-15-40(44)51(41-16-4-8-20-45(41)53)36-28-30-37(31-29-36)54-56-46-21-9-10-22-47(46)57-54/h1-33,46H. The van der Waals surface area contributed by atoms with Crippen LogP contribution in [0.1, 0.15) is 5.56 Å². The molecule has 0 spiro atoms. The van der Waals surface area contributed by atoms with Gasteiger partial charge in [0.2, 0.25) is 0 Å². The number of fused-ring (bicyclic) bond motifs is 6. The molecule has 1 aliphatic heterocycles. The van der Waals surface area contributed by atoms with E-state index in [9.17, 15) is 0 Å². The normalized spacial score (nSPS) is 14.8. The molecule has 0 fully saturated rings. The van der Waals surface area contributed by atoms with Crippen molar-refractivity contribution in [1.29, 1.82) is 0 Å². The summed E-state index contributed by atoms with van der Waals surface area (Å²) < 4.78 is 2.07. The van der Waals surface area contributed by atoms with Crippen LogP contribution in [0, 0.1) is 0 Å². The van der Waals surface area contributed by atoms with E-state index in [2.05, 4.69) is 168 Å². The minimum absolute atomic E-state index is 0.0101. The van der Waals surface area contributed by atoms with Crippen molar-refractivity contribution in [2.75, 3.05) is 0 Å². The monoisotopic (exact) mass is 738 g/mol. The van der Waals surface area contributed by atoms with Crippen LogP contribution >= 0.6 is 0 Å². The van der Waals surface area contributed by atoms with Crippen molar-refractivity contribution in [3.63, 3.8) is 0 Å². The summed E-state index contributed by atoms with van der Waals surface area (Å²) >= 11 is 0. The van der Waals surface area contributed by atoms with E-state index in [1.807, 2.05) is 36.5 Å². The van der Waals surface area contributed by atoms with Crippen molar-refractivity contribution < 1.29 is 0 Å². The zero-order valence-corrected chi connectivity index (χ0v) is 31.4. The Morgan fingerprint density at radius 3 is 1.34 bits per heavy atom. The van der Waals surface area contributed by atoms with Crippen LogP contribution in [-0.4, -0.2) is 27.0 Å². The third-order valence-electron chi connectivity index (χ3n) is 11.8. The summed E-state index contributed by atoms with van der Waals surface area (Å²) in [6, 6.07) is 59.6. The zero-order chi connectivity index (χ0) is 38.2. The lowest BCUT2D eigenvalue weighted by Crippen LogP contribution is -2.11. The molecule has 1 atom stereocenters. The molecule has 0 N–H and O–H groups in total. The van der Waals surface area contributed by atoms with Crippen molar-refractivity contribution in [3.05, 3.63) is 206 Å². The minimum Gasteiger partial charge on any atom is -0.306 e. The van der Waals surface area contributed by atoms with Gasteiger partial charge in [-0.1, -0.05) is 170 Å². The highest BCUT2D eigenvalue weighted by Crippen LogP contribution is 2.50. The molecule has 0 saturated heterocycles. The molecule has 0 amide bonds. The van der Waals surface area contributed by atoms with Gasteiger partial charge in [-0.25, -0.2) is 9.98 Å². The topological polar surface area (TPSA) is 42.0 Å². The number of benzene rings is 8. The number of aromatic nitrogens is 2. The van der Waals surface area contributed by atoms with E-state index < -0.39 is 0 Å². The van der Waals surface area contributed by atoms with E-state index in [1.54, 1.807) is 0 Å². The highest BCUT2D eigenvalue weighted by Gasteiger charge is 2.24. The Balaban J connectivity index is 1.06. The van der Waals surface area contributed by atoms with Gasteiger partial charge in [0, 0.05) is 23.5 Å². The first-order valence-corrected chi connectivity index (χ1v) is 19.8. The lowest BCUT2D eigenvalue weighted by molar-refractivity contribution is 1.11. The van der Waals surface area contributed by atoms with Crippen LogP contribution in [-0.2, 0) is 0 Å². The Bertz CT molecular complexity index is 3290. The maximum absolute atomic E-state index is 4.90. The maximum atomic E-state index is 4.90. The Morgan fingerprint density at radius 2 is 0.862 bits per heavy atom. The highest BCUT2D eigenvalue weighted by molar-refractivity contribution is 6.30. The number of hydrogen-bond donors (Lipinski definition) is 0. The second-order valence-electron chi connectivity index (χ2n) is 15.1. The van der Waals surface area contributed by atoms with Gasteiger partial charge < -0.3 is 4.40 Å². The van der Waals surface area contributed by atoms with Gasteiger partial charge in [-0.2, -0.15) is 0 Å². The minimum atomic E-state index is 0.0101. The molecule has 1 aliphatic carbocycles. The second kappa shape index (κ2) is 12.9. The van der Waals surface area contributed by atoms with Crippen LogP contribution in [0.2, 0.25) is 0 Å². The third-order valence-corrected chi connectivity index (χ3v) is 11.8. The largest absolute Gasteiger partial charge is 0.306 e. The predicted octanol–water partition coefficient (Wildman–Crippen LogP) is 13.3. The van der Waals surface area contributed by atoms with Crippen molar-refractivity contribution >= 4 is 60.3 Å². The molecule has 270 valence electrons. The molecule has 8 aromatic carbocycles. The Hall–Kier alpha value is -7.69. The number of pyridine rings is 1. The smallest absolute Gasteiger partial charge is 0.155 e. The number of amidine groups is 1. The van der Waals surface area contributed by atoms with Crippen LogP contribution in [0.3, 0.4) is 0 Å². The molecule has 12 rings (SSSR count). The Kier molecular flexibility index (Phi) is 7.26. The van der Waals surface area contributed by atoms with Crippen molar-refractivity contribution in [1.82, 2.24) is 9.38 Å². The van der Waals surface area contributed by atoms with Gasteiger partial charge in [-0.3, -0.25) is 4.99 Å². The third kappa shape index (κ3) is 5.05. The summed E-state index contributed by atoms with van der Waals surface area (Å²) in [5, 5.41) is 9.84. The molecule has 0 radical (unpaired) electrons. The van der Waals surface area contributed by atoms with Gasteiger partial charge in [0.1, 0.15) is 11.7 Å². The predicted molar refractivity (Wildman–Crippen MR) is 243 cm³/mol. The summed E-state index contributed by atoms with van der Waals surface area (Å²) in [7, 11) is 0. The summed E-state index contributed by atoms with van der Waals surface area (Å²) in [6.45, 7) is 0. The van der Waals surface area contributed by atoms with Gasteiger partial charge in [0.15, 0.2) is 5.84 Å². The van der Waals surface area contributed by atoms with E-state index in [1.165, 1.54) is 76.5 Å². The van der Waals surface area contributed by atoms with Crippen LogP contribution in [0.15, 0.2) is 210 Å². The molecule has 3 heterocycles. The summed E-state index contributed by atoms with van der Waals surface area (Å²) in [5.74, 6) is 0.790. The molecular formula is C54H34N4. The molecule has 4 nitrogen and oxygen atoms in total. The lowest BCUT2D eigenvalue weighted by atomic mass is 9.81. The summed E-state index contributed by atoms with van der Waals surface area (Å²) in [5.41, 5.74) is 12.4. The fourth-order valence-corrected chi connectivity index (χ4v) is 9.24. The molecule has 10 aromatic rings. The van der Waals surface area contributed by atoms with E-state index in [0.717, 1.165) is 34.0 Å². The number of nitrogens with zero attached hydrogens (tertiary/aromatic N) is 4. The summed E-state index contributed by atoms with van der Waals surface area (Å²) in [4.78, 5) is 14.6. The number of hydrogen-bond acceptors (Lipinski definition) is 3. The van der Waals surface area contributed by atoms with E-state index in [-0.39, 0.29) is 6.04 Å². The molecule has 2 aliphatic rings. The maximum Gasteiger partial charge on any atom is 0.155 e. The number of aliphatic imine (C=N–C) groups is 2. The molecule has 1 unspecified atom stereocenters. The molecule has 0 saturated carbocycles. The fourth-order valence-electron chi connectivity index (χ4n) is 9.24. The van der Waals surface area contributed by atoms with Crippen LogP contribution < -0.4 is 0 Å². The second-order valence-corrected chi connectivity index (χ2v) is 15.1. The van der Waals surface area contributed by atoms with Crippen LogP contribution in [0.25, 0.3) is 93.4 Å². The zero-order valence-electron chi connectivity index (χ0n) is 31.4. The van der Waals surface area contributed by atoms with Crippen LogP contribution in [0.4, 0.5) is 0 Å². The van der Waals surface area contributed by atoms with Gasteiger partial charge in [-0.15, -0.1) is 0 Å². The van der Waals surface area contributed by atoms with E-state index >= 15 is 0 Å². The Morgan fingerprint density at radius 1 is 0.414 bits per heavy atom. The summed E-state index contributed by atoms with van der Waals surface area (Å²) in [6.07, 6.45) is 12.4. The molecule has 58 heavy (non-hydrogen) atoms. The number of rotatable bonds is 5. The van der Waals surface area contributed by atoms with Gasteiger partial charge in [0.05, 0.1) is 11.4 Å². The molecule has 2 aromatic heterocycles. The SMILES string of the molecule is C1=CC2=NC(c3ccc(-c4c5ccccc5c(-c5c6ccccc6c(-c6ccc(-c7cn8ccccc8n7)cc6)c6ccccc56)c5ccccc45)cc3)=NC2C=C1. The number of imidazole rings is 1. The van der Waals surface area contributed by atoms with Gasteiger partial charge in [0.25, 0.3) is 0 Å². The van der Waals surface area contributed by atoms with Gasteiger partial charge >= 0.3 is 0 Å². The first-order valence-electron chi connectivity index (χ1n) is 19.8. The Labute approximate surface area is 335 Å². The fraction of sp³-hybridized carbons (Fsp3) is 0.0185. The van der Waals surface area contributed by atoms with E-state index in [0.29, 0.717) is 0 Å². The first-order chi connectivity index (χ1) is 28.8. The van der Waals surface area contributed by atoms with Gasteiger partial charge in [-0.05, 0) is 94.7 Å². The molecule has 4 heteroatoms. The highest BCUT2D eigenvalue weighted by atomic mass is 15.0. The van der Waals surface area contributed by atoms with Crippen molar-refractivity contribution in [2.45, 2.75) is 6.04 Å². The number of allylic oxidation sites excluding steroid dienone is 2. The average molecular weight is 739 g/mol. The van der Waals surface area contributed by atoms with Crippen molar-refractivity contribution in [2.24, 2.45) is 9.98 Å². The average Bonchev–Trinajstić information content (AvgIpc) is 3.93.